The van der Waals surface area contributed by atoms with E-state index in [-0.39, 0.29) is 5.91 Å². The number of methoxy groups -OCH3 is 1. The van der Waals surface area contributed by atoms with Gasteiger partial charge in [0.1, 0.15) is 18.1 Å². The molecule has 6 nitrogen and oxygen atoms in total. The summed E-state index contributed by atoms with van der Waals surface area (Å²) in [5.74, 6) is 1.43. The van der Waals surface area contributed by atoms with E-state index in [1.807, 2.05) is 61.5 Å². The van der Waals surface area contributed by atoms with Gasteiger partial charge in [-0.25, -0.2) is 0 Å². The van der Waals surface area contributed by atoms with Crippen molar-refractivity contribution in [3.05, 3.63) is 95.7 Å². The molecule has 1 fully saturated rings. The molecule has 184 valence electrons. The van der Waals surface area contributed by atoms with Crippen LogP contribution in [0.4, 0.5) is 11.4 Å². The van der Waals surface area contributed by atoms with Crippen LogP contribution >= 0.6 is 23.8 Å². The van der Waals surface area contributed by atoms with Crippen molar-refractivity contribution < 1.29 is 19.0 Å². The second-order valence-corrected chi connectivity index (χ2v) is 8.45. The first-order chi connectivity index (χ1) is 17.5. The third kappa shape index (κ3) is 5.08. The molecule has 0 aromatic heterocycles. The fourth-order valence-corrected chi connectivity index (χ4v) is 4.35. The second-order valence-electron chi connectivity index (χ2n) is 7.67. The van der Waals surface area contributed by atoms with Crippen molar-refractivity contribution >= 4 is 52.3 Å². The van der Waals surface area contributed by atoms with Gasteiger partial charge in [0.2, 0.25) is 0 Å². The van der Waals surface area contributed by atoms with Gasteiger partial charge in [0, 0.05) is 11.8 Å². The Morgan fingerprint density at radius 3 is 2.28 bits per heavy atom. The first-order valence-corrected chi connectivity index (χ1v) is 12.1. The monoisotopic (exact) mass is 520 g/mol. The maximum atomic E-state index is 13.8. The van der Waals surface area contributed by atoms with Gasteiger partial charge >= 0.3 is 0 Å². The van der Waals surface area contributed by atoms with E-state index < -0.39 is 0 Å². The van der Waals surface area contributed by atoms with Gasteiger partial charge in [-0.2, -0.15) is 0 Å². The van der Waals surface area contributed by atoms with E-state index in [1.165, 1.54) is 4.90 Å². The molecular weight excluding hydrogens is 496 g/mol. The Labute approximate surface area is 220 Å². The highest BCUT2D eigenvalue weighted by Gasteiger charge is 2.40. The Balaban J connectivity index is 1.84. The lowest BCUT2D eigenvalue weighted by atomic mass is 10.1. The number of hydrogen-bond donors (Lipinski definition) is 0. The SMILES string of the molecule is C=CCOc1cc(Cl)c(/C=C2\C(=O)N(c3ccccc3)C(=S)N2c2ccc(OC)cc2)cc1OCC. The number of carbonyl (C=O) groups is 1. The van der Waals surface area contributed by atoms with E-state index in [0.717, 1.165) is 0 Å². The molecule has 1 saturated heterocycles. The van der Waals surface area contributed by atoms with Crippen molar-refractivity contribution in [1.82, 2.24) is 0 Å². The van der Waals surface area contributed by atoms with Crippen molar-refractivity contribution in [3.63, 3.8) is 0 Å². The molecular formula is C28H25ClN2O4S. The fourth-order valence-electron chi connectivity index (χ4n) is 3.75. The van der Waals surface area contributed by atoms with Crippen LogP contribution in [-0.2, 0) is 4.79 Å². The van der Waals surface area contributed by atoms with Gasteiger partial charge in [0.05, 0.1) is 24.4 Å². The Hall–Kier alpha value is -3.81. The minimum atomic E-state index is -0.275. The highest BCUT2D eigenvalue weighted by molar-refractivity contribution is 7.81. The first-order valence-electron chi connectivity index (χ1n) is 11.3. The maximum Gasteiger partial charge on any atom is 0.281 e. The largest absolute Gasteiger partial charge is 0.497 e. The average Bonchev–Trinajstić information content (AvgIpc) is 3.14. The normalized spacial score (nSPS) is 14.4. The molecule has 36 heavy (non-hydrogen) atoms. The average molecular weight is 521 g/mol. The predicted molar refractivity (Wildman–Crippen MR) is 148 cm³/mol. The number of halogens is 1. The molecule has 1 amide bonds. The Kier molecular flexibility index (Phi) is 7.93. The van der Waals surface area contributed by atoms with Crippen LogP contribution in [0.15, 0.2) is 85.1 Å². The number of rotatable bonds is 9. The van der Waals surface area contributed by atoms with Crippen LogP contribution in [0.5, 0.6) is 17.2 Å². The summed E-state index contributed by atoms with van der Waals surface area (Å²) in [6.45, 7) is 6.30. The van der Waals surface area contributed by atoms with Gasteiger partial charge in [-0.1, -0.05) is 42.5 Å². The van der Waals surface area contributed by atoms with Crippen LogP contribution in [0, 0.1) is 0 Å². The molecule has 0 aliphatic carbocycles. The molecule has 3 aromatic rings. The number of benzene rings is 3. The topological polar surface area (TPSA) is 51.2 Å². The summed E-state index contributed by atoms with van der Waals surface area (Å²) in [5, 5.41) is 0.728. The quantitative estimate of drug-likeness (QED) is 0.182. The molecule has 3 aromatic carbocycles. The van der Waals surface area contributed by atoms with E-state index >= 15 is 0 Å². The summed E-state index contributed by atoms with van der Waals surface area (Å²) in [6.07, 6.45) is 3.35. The smallest absolute Gasteiger partial charge is 0.281 e. The van der Waals surface area contributed by atoms with Crippen molar-refractivity contribution in [2.45, 2.75) is 6.92 Å². The maximum absolute atomic E-state index is 13.8. The molecule has 0 bridgehead atoms. The van der Waals surface area contributed by atoms with Crippen molar-refractivity contribution in [1.29, 1.82) is 0 Å². The fraction of sp³-hybridized carbons (Fsp3) is 0.143. The number of anilines is 2. The van der Waals surface area contributed by atoms with Crippen LogP contribution in [0.1, 0.15) is 12.5 Å². The number of amides is 1. The van der Waals surface area contributed by atoms with E-state index in [0.29, 0.717) is 63.2 Å². The van der Waals surface area contributed by atoms with Gasteiger partial charge in [0.25, 0.3) is 5.91 Å². The first kappa shape index (κ1) is 25.3. The minimum Gasteiger partial charge on any atom is -0.497 e. The van der Waals surface area contributed by atoms with Gasteiger partial charge < -0.3 is 14.2 Å². The van der Waals surface area contributed by atoms with Crippen LogP contribution in [0.3, 0.4) is 0 Å². The zero-order chi connectivity index (χ0) is 25.7. The van der Waals surface area contributed by atoms with E-state index in [1.54, 1.807) is 36.3 Å². The van der Waals surface area contributed by atoms with E-state index in [2.05, 4.69) is 6.58 Å². The van der Waals surface area contributed by atoms with Crippen molar-refractivity contribution in [2.75, 3.05) is 30.1 Å². The third-order valence-electron chi connectivity index (χ3n) is 5.40. The summed E-state index contributed by atoms with van der Waals surface area (Å²) in [6, 6.07) is 20.0. The van der Waals surface area contributed by atoms with E-state index in [9.17, 15) is 4.79 Å². The molecule has 8 heteroatoms. The Morgan fingerprint density at radius 2 is 1.64 bits per heavy atom. The second kappa shape index (κ2) is 11.3. The number of nitrogens with zero attached hydrogens (tertiary/aromatic N) is 2. The van der Waals surface area contributed by atoms with Gasteiger partial charge in [-0.15, -0.1) is 0 Å². The van der Waals surface area contributed by atoms with Crippen LogP contribution in [0.2, 0.25) is 5.02 Å². The lowest BCUT2D eigenvalue weighted by Crippen LogP contribution is -2.32. The zero-order valence-corrected chi connectivity index (χ0v) is 21.5. The molecule has 0 unspecified atom stereocenters. The standard InChI is InChI=1S/C28H25ClN2O4S/c1-4-15-35-26-18-23(29)19(17-25(26)34-5-2)16-24-27(32)31(20-9-7-6-8-10-20)28(36)30(24)21-11-13-22(33-3)14-12-21/h4,6-14,16-18H,1,5,15H2,2-3H3/b24-16+. The number of ether oxygens (including phenoxy) is 3. The number of thiocarbonyl (C=S) groups is 1. The summed E-state index contributed by atoms with van der Waals surface area (Å²) in [4.78, 5) is 17.0. The van der Waals surface area contributed by atoms with Gasteiger partial charge in [0.15, 0.2) is 16.6 Å². The molecule has 1 aliphatic heterocycles. The van der Waals surface area contributed by atoms with Crippen molar-refractivity contribution in [3.8, 4) is 17.2 Å². The third-order valence-corrected chi connectivity index (χ3v) is 6.09. The van der Waals surface area contributed by atoms with Crippen LogP contribution in [-0.4, -0.2) is 31.3 Å². The lowest BCUT2D eigenvalue weighted by molar-refractivity contribution is -0.113. The number of hydrogen-bond acceptors (Lipinski definition) is 5. The molecule has 0 spiro atoms. The van der Waals surface area contributed by atoms with Crippen molar-refractivity contribution in [2.24, 2.45) is 0 Å². The highest BCUT2D eigenvalue weighted by atomic mass is 35.5. The summed E-state index contributed by atoms with van der Waals surface area (Å²) in [5.41, 5.74) is 2.32. The molecule has 0 radical (unpaired) electrons. The summed E-state index contributed by atoms with van der Waals surface area (Å²) >= 11 is 12.4. The summed E-state index contributed by atoms with van der Waals surface area (Å²) < 4.78 is 16.8. The van der Waals surface area contributed by atoms with Crippen LogP contribution < -0.4 is 24.0 Å². The predicted octanol–water partition coefficient (Wildman–Crippen LogP) is 6.49. The molecule has 1 heterocycles. The van der Waals surface area contributed by atoms with Gasteiger partial charge in [-0.05, 0) is 73.2 Å². The lowest BCUT2D eigenvalue weighted by Gasteiger charge is -2.21. The highest BCUT2D eigenvalue weighted by Crippen LogP contribution is 2.38. The Morgan fingerprint density at radius 1 is 0.972 bits per heavy atom. The summed E-state index contributed by atoms with van der Waals surface area (Å²) in [7, 11) is 1.60. The zero-order valence-electron chi connectivity index (χ0n) is 19.9. The molecule has 1 aliphatic rings. The molecule has 0 saturated carbocycles. The number of carbonyl (C=O) groups excluding carboxylic acids is 1. The number of para-hydroxylation sites is 1. The van der Waals surface area contributed by atoms with Crippen LogP contribution in [0.25, 0.3) is 6.08 Å². The molecule has 0 atom stereocenters. The molecule has 4 rings (SSSR count). The Bertz CT molecular complexity index is 1310. The minimum absolute atomic E-state index is 0.275. The van der Waals surface area contributed by atoms with Gasteiger partial charge in [-0.3, -0.25) is 14.6 Å². The van der Waals surface area contributed by atoms with E-state index in [4.69, 9.17) is 38.0 Å². The molecule has 0 N–H and O–H groups in total.